The summed E-state index contributed by atoms with van der Waals surface area (Å²) >= 11 is 1.61. The Labute approximate surface area is 93.4 Å². The van der Waals surface area contributed by atoms with E-state index in [0.29, 0.717) is 0 Å². The molecule has 0 bridgehead atoms. The van der Waals surface area contributed by atoms with Gasteiger partial charge in [0.2, 0.25) is 0 Å². The second-order valence-electron chi connectivity index (χ2n) is 3.02. The van der Waals surface area contributed by atoms with Crippen LogP contribution in [0.3, 0.4) is 0 Å². The highest BCUT2D eigenvalue weighted by molar-refractivity contribution is 8.01. The van der Waals surface area contributed by atoms with E-state index in [-0.39, 0.29) is 0 Å². The molecule has 5 heteroatoms. The maximum atomic E-state index is 12.1. The van der Waals surface area contributed by atoms with Crippen molar-refractivity contribution in [1.82, 2.24) is 9.97 Å². The molecule has 74 valence electrons. The minimum atomic E-state index is -1.14. The van der Waals surface area contributed by atoms with E-state index in [0.717, 1.165) is 19.6 Å². The summed E-state index contributed by atoms with van der Waals surface area (Å²) in [5.41, 5.74) is 0. The van der Waals surface area contributed by atoms with Crippen LogP contribution in [0.4, 0.5) is 0 Å². The van der Waals surface area contributed by atoms with Crippen LogP contribution in [0.2, 0.25) is 0 Å². The second kappa shape index (κ2) is 3.43. The quantitative estimate of drug-likeness (QED) is 0.597. The molecule has 0 N–H and O–H groups in total. The average Bonchev–Trinajstić information content (AvgIpc) is 2.30. The van der Waals surface area contributed by atoms with Gasteiger partial charge < -0.3 is 0 Å². The van der Waals surface area contributed by atoms with Crippen molar-refractivity contribution in [2.24, 2.45) is 0 Å². The van der Waals surface area contributed by atoms with Crippen molar-refractivity contribution in [1.29, 1.82) is 0 Å². The highest BCUT2D eigenvalue weighted by Gasteiger charge is 2.22. The van der Waals surface area contributed by atoms with Gasteiger partial charge in [0.05, 0.1) is 20.6 Å². The number of aromatic nitrogens is 2. The number of rotatable bonds is 0. The van der Waals surface area contributed by atoms with Gasteiger partial charge in [-0.3, -0.25) is 9.97 Å². The zero-order chi connectivity index (χ0) is 10.3. The fourth-order valence-corrected chi connectivity index (χ4v) is 3.98. The van der Waals surface area contributed by atoms with Crippen molar-refractivity contribution >= 4 is 22.6 Å². The van der Waals surface area contributed by atoms with Gasteiger partial charge in [0, 0.05) is 34.6 Å². The molecule has 2 aromatic heterocycles. The molecule has 0 atom stereocenters. The molecule has 3 rings (SSSR count). The lowest BCUT2D eigenvalue weighted by atomic mass is 10.5. The zero-order valence-corrected chi connectivity index (χ0v) is 9.22. The van der Waals surface area contributed by atoms with E-state index in [1.165, 1.54) is 0 Å². The van der Waals surface area contributed by atoms with Crippen LogP contribution in [0, 0.1) is 0 Å². The summed E-state index contributed by atoms with van der Waals surface area (Å²) in [5, 5.41) is 0. The van der Waals surface area contributed by atoms with Gasteiger partial charge in [-0.1, -0.05) is 11.8 Å². The summed E-state index contributed by atoms with van der Waals surface area (Å²) in [4.78, 5) is 11.6. The highest BCUT2D eigenvalue weighted by atomic mass is 32.2. The van der Waals surface area contributed by atoms with Gasteiger partial charge in [0.1, 0.15) is 0 Å². The van der Waals surface area contributed by atoms with Crippen LogP contribution in [-0.2, 0) is 10.8 Å². The van der Waals surface area contributed by atoms with Crippen LogP contribution in [0.1, 0.15) is 0 Å². The van der Waals surface area contributed by atoms with E-state index in [1.54, 1.807) is 36.5 Å². The predicted molar refractivity (Wildman–Crippen MR) is 57.3 cm³/mol. The van der Waals surface area contributed by atoms with Crippen LogP contribution in [0.25, 0.3) is 0 Å². The minimum Gasteiger partial charge on any atom is -0.263 e. The Bertz CT molecular complexity index is 509. The summed E-state index contributed by atoms with van der Waals surface area (Å²) in [7, 11) is -1.14. The summed E-state index contributed by atoms with van der Waals surface area (Å²) in [6.07, 6.45) is 6.76. The third kappa shape index (κ3) is 1.39. The molecule has 3 heterocycles. The topological polar surface area (TPSA) is 42.9 Å². The van der Waals surface area contributed by atoms with Crippen LogP contribution < -0.4 is 0 Å². The average molecular weight is 234 g/mol. The van der Waals surface area contributed by atoms with Gasteiger partial charge in [0.25, 0.3) is 0 Å². The number of nitrogens with zero attached hydrogens (tertiary/aromatic N) is 2. The van der Waals surface area contributed by atoms with E-state index < -0.39 is 10.8 Å². The SMILES string of the molecule is O=S1c2cnccc2Sc2ccncc21. The van der Waals surface area contributed by atoms with Crippen LogP contribution in [0.5, 0.6) is 0 Å². The normalized spacial score (nSPS) is 14.4. The molecule has 0 spiro atoms. The summed E-state index contributed by atoms with van der Waals surface area (Å²) in [6, 6.07) is 3.78. The van der Waals surface area contributed by atoms with Crippen LogP contribution in [0.15, 0.2) is 56.5 Å². The van der Waals surface area contributed by atoms with Crippen molar-refractivity contribution in [2.75, 3.05) is 0 Å². The number of fused-ring (bicyclic) bond motifs is 2. The molecule has 1 aliphatic rings. The van der Waals surface area contributed by atoms with Gasteiger partial charge in [0.15, 0.2) is 0 Å². The maximum absolute atomic E-state index is 12.1. The first-order valence-corrected chi connectivity index (χ1v) is 6.30. The first-order valence-electron chi connectivity index (χ1n) is 4.34. The van der Waals surface area contributed by atoms with Gasteiger partial charge in [-0.15, -0.1) is 0 Å². The molecular formula is C10H6N2OS2. The molecule has 0 saturated carbocycles. The van der Waals surface area contributed by atoms with Gasteiger partial charge in [-0.2, -0.15) is 0 Å². The standard InChI is InChI=1S/C10H6N2OS2/c13-15-9-5-11-3-1-7(9)14-8-2-4-12-6-10(8)15/h1-6H. The monoisotopic (exact) mass is 234 g/mol. The van der Waals surface area contributed by atoms with Crippen molar-refractivity contribution in [3.05, 3.63) is 36.9 Å². The van der Waals surface area contributed by atoms with Crippen molar-refractivity contribution < 1.29 is 4.21 Å². The van der Waals surface area contributed by atoms with Crippen LogP contribution in [-0.4, -0.2) is 14.2 Å². The maximum Gasteiger partial charge on any atom is 0.0904 e. The Balaban J connectivity index is 2.24. The second-order valence-corrected chi connectivity index (χ2v) is 5.52. The first-order chi connectivity index (χ1) is 7.36. The molecule has 0 radical (unpaired) electrons. The summed E-state index contributed by atoms with van der Waals surface area (Å²) < 4.78 is 12.1. The molecule has 0 saturated heterocycles. The molecule has 2 aromatic rings. The number of pyridine rings is 2. The molecule has 3 nitrogen and oxygen atoms in total. The Morgan fingerprint density at radius 3 is 2.07 bits per heavy atom. The smallest absolute Gasteiger partial charge is 0.0904 e. The Hall–Kier alpha value is -1.20. The lowest BCUT2D eigenvalue weighted by Crippen LogP contribution is -2.03. The molecule has 1 aliphatic heterocycles. The molecule has 0 amide bonds. The molecule has 0 unspecified atom stereocenters. The Kier molecular flexibility index (Phi) is 2.07. The lowest BCUT2D eigenvalue weighted by Gasteiger charge is -2.16. The highest BCUT2D eigenvalue weighted by Crippen LogP contribution is 2.41. The van der Waals surface area contributed by atoms with Crippen molar-refractivity contribution in [2.45, 2.75) is 19.6 Å². The first kappa shape index (κ1) is 9.06. The number of hydrogen-bond acceptors (Lipinski definition) is 4. The summed E-state index contributed by atoms with van der Waals surface area (Å²) in [6.45, 7) is 0. The van der Waals surface area contributed by atoms with Gasteiger partial charge >= 0.3 is 0 Å². The zero-order valence-electron chi connectivity index (χ0n) is 7.58. The molecular weight excluding hydrogens is 228 g/mol. The van der Waals surface area contributed by atoms with E-state index in [2.05, 4.69) is 9.97 Å². The predicted octanol–water partition coefficient (Wildman–Crippen LogP) is 2.11. The lowest BCUT2D eigenvalue weighted by molar-refractivity contribution is 0.678. The fraction of sp³-hybridized carbons (Fsp3) is 0. The summed E-state index contributed by atoms with van der Waals surface area (Å²) in [5.74, 6) is 0. The third-order valence-corrected chi connectivity index (χ3v) is 4.97. The fourth-order valence-electron chi connectivity index (χ4n) is 1.42. The Morgan fingerprint density at radius 1 is 1.00 bits per heavy atom. The van der Waals surface area contributed by atoms with Gasteiger partial charge in [-0.25, -0.2) is 4.21 Å². The van der Waals surface area contributed by atoms with E-state index in [4.69, 9.17) is 0 Å². The van der Waals surface area contributed by atoms with E-state index in [9.17, 15) is 4.21 Å². The Morgan fingerprint density at radius 2 is 1.53 bits per heavy atom. The van der Waals surface area contributed by atoms with Crippen molar-refractivity contribution in [3.8, 4) is 0 Å². The van der Waals surface area contributed by atoms with Gasteiger partial charge in [-0.05, 0) is 12.1 Å². The molecule has 15 heavy (non-hydrogen) atoms. The molecule has 0 aliphatic carbocycles. The minimum absolute atomic E-state index is 0.781. The van der Waals surface area contributed by atoms with Crippen molar-refractivity contribution in [3.63, 3.8) is 0 Å². The van der Waals surface area contributed by atoms with E-state index in [1.807, 2.05) is 12.1 Å². The molecule has 0 aromatic carbocycles. The van der Waals surface area contributed by atoms with Crippen LogP contribution >= 0.6 is 11.8 Å². The van der Waals surface area contributed by atoms with E-state index >= 15 is 0 Å². The molecule has 0 fully saturated rings. The largest absolute Gasteiger partial charge is 0.263 e. The third-order valence-electron chi connectivity index (χ3n) is 2.11. The number of hydrogen-bond donors (Lipinski definition) is 0.